The molecule has 0 N–H and O–H groups in total. The second-order valence-corrected chi connectivity index (χ2v) is 3.64. The second-order valence-electron chi connectivity index (χ2n) is 2.62. The summed E-state index contributed by atoms with van der Waals surface area (Å²) in [6.07, 6.45) is 4.13. The third kappa shape index (κ3) is 3.18. The average Bonchev–Trinajstić information content (AvgIpc) is 2.14. The minimum atomic E-state index is -0.119. The molecule has 0 saturated heterocycles. The predicted molar refractivity (Wildman–Crippen MR) is 53.7 cm³/mol. The van der Waals surface area contributed by atoms with Gasteiger partial charge in [0.15, 0.2) is 0 Å². The van der Waals surface area contributed by atoms with Gasteiger partial charge in [0, 0.05) is 11.0 Å². The van der Waals surface area contributed by atoms with Crippen LogP contribution in [0.25, 0.3) is 0 Å². The lowest BCUT2D eigenvalue weighted by Gasteiger charge is -2.23. The number of carbonyl (C=O) groups excluding carboxylic acids is 1. The van der Waals surface area contributed by atoms with E-state index in [-0.39, 0.29) is 5.91 Å². The molecule has 1 amide bonds. The Morgan fingerprint density at radius 1 is 1.85 bits per heavy atom. The molecule has 72 valence electrons. The van der Waals surface area contributed by atoms with Crippen molar-refractivity contribution in [1.82, 2.24) is 4.90 Å². The van der Waals surface area contributed by atoms with Gasteiger partial charge in [0.2, 0.25) is 0 Å². The lowest BCUT2D eigenvalue weighted by atomic mass is 10.2. The fourth-order valence-electron chi connectivity index (χ4n) is 1.07. The van der Waals surface area contributed by atoms with Crippen LogP contribution in [0.2, 0.25) is 0 Å². The summed E-state index contributed by atoms with van der Waals surface area (Å²) in [5, 5.41) is 3.42. The molecule has 13 heavy (non-hydrogen) atoms. The van der Waals surface area contributed by atoms with Crippen LogP contribution >= 0.6 is 15.9 Å². The molecule has 0 aromatic carbocycles. The van der Waals surface area contributed by atoms with Gasteiger partial charge in [-0.1, -0.05) is 27.2 Å². The number of halogens is 1. The van der Waals surface area contributed by atoms with Gasteiger partial charge in [0.1, 0.15) is 13.3 Å². The van der Waals surface area contributed by atoms with Crippen molar-refractivity contribution in [3.05, 3.63) is 10.6 Å². The first-order valence-electron chi connectivity index (χ1n) is 3.94. The Bertz CT molecular complexity index is 251. The molecule has 0 atom stereocenters. The van der Waals surface area contributed by atoms with E-state index in [9.17, 15) is 4.79 Å². The van der Waals surface area contributed by atoms with Crippen LogP contribution in [-0.2, 0) is 9.63 Å². The molecule has 1 aliphatic heterocycles. The van der Waals surface area contributed by atoms with Gasteiger partial charge >= 0.3 is 0 Å². The number of oxime groups is 1. The highest BCUT2D eigenvalue weighted by molar-refractivity contribution is 9.11. The standard InChI is InChI=1S/C8H11BrN2O2/c1-13-10-5-8(12)11-4-2-3-7(9)6-11/h3,5H,2,4,6H2,1H3/b10-5+. The van der Waals surface area contributed by atoms with Gasteiger partial charge in [-0.15, -0.1) is 0 Å². The minimum absolute atomic E-state index is 0.119. The van der Waals surface area contributed by atoms with E-state index in [1.54, 1.807) is 4.90 Å². The summed E-state index contributed by atoms with van der Waals surface area (Å²) in [7, 11) is 1.41. The van der Waals surface area contributed by atoms with Crippen molar-refractivity contribution in [3.63, 3.8) is 0 Å². The summed E-state index contributed by atoms with van der Waals surface area (Å²) in [6.45, 7) is 1.36. The zero-order valence-electron chi connectivity index (χ0n) is 7.36. The summed E-state index contributed by atoms with van der Waals surface area (Å²) < 4.78 is 1.04. The molecule has 0 aromatic heterocycles. The smallest absolute Gasteiger partial charge is 0.268 e. The number of rotatable bonds is 2. The van der Waals surface area contributed by atoms with Crippen molar-refractivity contribution in [2.24, 2.45) is 5.16 Å². The van der Waals surface area contributed by atoms with Crippen molar-refractivity contribution in [3.8, 4) is 0 Å². The molecule has 0 fully saturated rings. The van der Waals surface area contributed by atoms with Crippen LogP contribution in [0, 0.1) is 0 Å². The normalized spacial score (nSPS) is 17.4. The zero-order chi connectivity index (χ0) is 9.68. The van der Waals surface area contributed by atoms with Gasteiger partial charge in [-0.3, -0.25) is 4.79 Å². The van der Waals surface area contributed by atoms with Crippen molar-refractivity contribution in [2.75, 3.05) is 20.2 Å². The summed E-state index contributed by atoms with van der Waals surface area (Å²) in [5.41, 5.74) is 0. The van der Waals surface area contributed by atoms with Gasteiger partial charge in [-0.2, -0.15) is 0 Å². The molecule has 0 spiro atoms. The highest BCUT2D eigenvalue weighted by atomic mass is 79.9. The number of carbonyl (C=O) groups is 1. The molecular formula is C8H11BrN2O2. The maximum absolute atomic E-state index is 11.4. The number of nitrogens with zero attached hydrogens (tertiary/aromatic N) is 2. The molecule has 0 saturated carbocycles. The third-order valence-electron chi connectivity index (χ3n) is 1.69. The van der Waals surface area contributed by atoms with Crippen LogP contribution in [-0.4, -0.2) is 37.2 Å². The molecule has 1 heterocycles. The van der Waals surface area contributed by atoms with Crippen molar-refractivity contribution >= 4 is 28.1 Å². The van der Waals surface area contributed by atoms with Gasteiger partial charge in [-0.25, -0.2) is 0 Å². The highest BCUT2D eigenvalue weighted by Gasteiger charge is 2.15. The fraction of sp³-hybridized carbons (Fsp3) is 0.500. The quantitative estimate of drug-likeness (QED) is 0.542. The van der Waals surface area contributed by atoms with E-state index in [1.165, 1.54) is 13.3 Å². The van der Waals surface area contributed by atoms with Crippen LogP contribution < -0.4 is 0 Å². The molecular weight excluding hydrogens is 236 g/mol. The van der Waals surface area contributed by atoms with E-state index in [2.05, 4.69) is 32.0 Å². The van der Waals surface area contributed by atoms with Gasteiger partial charge in [-0.05, 0) is 6.42 Å². The minimum Gasteiger partial charge on any atom is -0.399 e. The lowest BCUT2D eigenvalue weighted by molar-refractivity contribution is -0.123. The van der Waals surface area contributed by atoms with Crippen LogP contribution in [0.4, 0.5) is 0 Å². The molecule has 0 aliphatic carbocycles. The Labute approximate surface area is 85.4 Å². The van der Waals surface area contributed by atoms with E-state index in [4.69, 9.17) is 0 Å². The van der Waals surface area contributed by atoms with Crippen LogP contribution in [0.1, 0.15) is 6.42 Å². The van der Waals surface area contributed by atoms with Crippen LogP contribution in [0.15, 0.2) is 15.7 Å². The Kier molecular flexibility index (Phi) is 3.95. The molecule has 0 unspecified atom stereocenters. The first-order chi connectivity index (χ1) is 6.24. The monoisotopic (exact) mass is 246 g/mol. The van der Waals surface area contributed by atoms with Crippen molar-refractivity contribution in [2.45, 2.75) is 6.42 Å². The molecule has 4 nitrogen and oxygen atoms in total. The van der Waals surface area contributed by atoms with Crippen LogP contribution in [0.3, 0.4) is 0 Å². The molecule has 1 aliphatic rings. The molecule has 0 radical (unpaired) electrons. The van der Waals surface area contributed by atoms with Gasteiger partial charge in [0.05, 0.1) is 6.54 Å². The molecule has 5 heteroatoms. The van der Waals surface area contributed by atoms with E-state index in [0.717, 1.165) is 17.4 Å². The second kappa shape index (κ2) is 5.01. The number of hydrogen-bond donors (Lipinski definition) is 0. The van der Waals surface area contributed by atoms with Crippen molar-refractivity contribution < 1.29 is 9.63 Å². The first kappa shape index (κ1) is 10.2. The Morgan fingerprint density at radius 2 is 2.62 bits per heavy atom. The topological polar surface area (TPSA) is 41.9 Å². The van der Waals surface area contributed by atoms with E-state index in [1.807, 2.05) is 0 Å². The molecule has 1 rings (SSSR count). The molecule has 0 aromatic rings. The van der Waals surface area contributed by atoms with Crippen LogP contribution in [0.5, 0.6) is 0 Å². The Balaban J connectivity index is 2.49. The highest BCUT2D eigenvalue weighted by Crippen LogP contribution is 2.14. The maximum atomic E-state index is 11.4. The first-order valence-corrected chi connectivity index (χ1v) is 4.73. The van der Waals surface area contributed by atoms with E-state index < -0.39 is 0 Å². The van der Waals surface area contributed by atoms with Gasteiger partial charge < -0.3 is 9.74 Å². The maximum Gasteiger partial charge on any atom is 0.268 e. The predicted octanol–water partition coefficient (Wildman–Crippen LogP) is 1.13. The summed E-state index contributed by atoms with van der Waals surface area (Å²) in [5.74, 6) is -0.119. The lowest BCUT2D eigenvalue weighted by Crippen LogP contribution is -2.35. The Hall–Kier alpha value is -0.840. The van der Waals surface area contributed by atoms with E-state index >= 15 is 0 Å². The summed E-state index contributed by atoms with van der Waals surface area (Å²) in [6, 6.07) is 0. The summed E-state index contributed by atoms with van der Waals surface area (Å²) >= 11 is 3.36. The average molecular weight is 247 g/mol. The molecule has 0 bridgehead atoms. The zero-order valence-corrected chi connectivity index (χ0v) is 8.95. The van der Waals surface area contributed by atoms with Crippen molar-refractivity contribution in [1.29, 1.82) is 0 Å². The largest absolute Gasteiger partial charge is 0.399 e. The van der Waals surface area contributed by atoms with Gasteiger partial charge in [0.25, 0.3) is 5.91 Å². The Morgan fingerprint density at radius 3 is 3.23 bits per heavy atom. The third-order valence-corrected chi connectivity index (χ3v) is 2.26. The summed E-state index contributed by atoms with van der Waals surface area (Å²) in [4.78, 5) is 17.5. The van der Waals surface area contributed by atoms with E-state index in [0.29, 0.717) is 6.54 Å². The SMILES string of the molecule is CO/N=C/C(=O)N1CCC=C(Br)C1. The number of amides is 1. The fourth-order valence-corrected chi connectivity index (χ4v) is 1.60. The number of hydrogen-bond acceptors (Lipinski definition) is 3.